The zero-order valence-electron chi connectivity index (χ0n) is 10.4. The van der Waals surface area contributed by atoms with Crippen LogP contribution in [0.3, 0.4) is 0 Å². The van der Waals surface area contributed by atoms with E-state index in [1.807, 2.05) is 19.3 Å². The Kier molecular flexibility index (Phi) is 4.07. The van der Waals surface area contributed by atoms with Crippen LogP contribution in [0, 0.1) is 0 Å². The summed E-state index contributed by atoms with van der Waals surface area (Å²) in [7, 11) is 1.97. The molecule has 1 aromatic heterocycles. The van der Waals surface area contributed by atoms with Crippen molar-refractivity contribution in [1.29, 1.82) is 0 Å². The van der Waals surface area contributed by atoms with E-state index >= 15 is 0 Å². The number of benzene rings is 1. The Labute approximate surface area is 102 Å². The minimum atomic E-state index is 0.476. The Bertz CT molecular complexity index is 482. The summed E-state index contributed by atoms with van der Waals surface area (Å²) in [5.74, 6) is 0. The molecule has 3 heteroatoms. The lowest BCUT2D eigenvalue weighted by atomic mass is 10.1. The smallest absolute Gasteiger partial charge is 0.0702 e. The maximum atomic E-state index is 4.32. The van der Waals surface area contributed by atoms with Gasteiger partial charge in [0, 0.05) is 30.7 Å². The van der Waals surface area contributed by atoms with Crippen LogP contribution < -0.4 is 10.6 Å². The molecule has 1 atom stereocenters. The van der Waals surface area contributed by atoms with Gasteiger partial charge < -0.3 is 10.6 Å². The van der Waals surface area contributed by atoms with Crippen molar-refractivity contribution in [1.82, 2.24) is 15.6 Å². The predicted octanol–water partition coefficient (Wildman–Crippen LogP) is 1.93. The van der Waals surface area contributed by atoms with E-state index < -0.39 is 0 Å². The van der Waals surface area contributed by atoms with Crippen LogP contribution in [0.15, 0.2) is 36.5 Å². The summed E-state index contributed by atoms with van der Waals surface area (Å²) >= 11 is 0. The van der Waals surface area contributed by atoms with Crippen LogP contribution >= 0.6 is 0 Å². The van der Waals surface area contributed by atoms with Gasteiger partial charge in [-0.2, -0.15) is 0 Å². The average molecular weight is 229 g/mol. The Morgan fingerprint density at radius 1 is 1.29 bits per heavy atom. The van der Waals surface area contributed by atoms with E-state index in [0.29, 0.717) is 6.04 Å². The SMILES string of the molecule is CNCC(C)NCc1ccc2ncccc2c1. The third-order valence-corrected chi connectivity index (χ3v) is 2.83. The fourth-order valence-electron chi connectivity index (χ4n) is 1.91. The van der Waals surface area contributed by atoms with Crippen molar-refractivity contribution in [2.24, 2.45) is 0 Å². The number of fused-ring (bicyclic) bond motifs is 1. The Morgan fingerprint density at radius 2 is 2.18 bits per heavy atom. The monoisotopic (exact) mass is 229 g/mol. The van der Waals surface area contributed by atoms with E-state index in [-0.39, 0.29) is 0 Å². The molecule has 0 spiro atoms. The molecule has 0 bridgehead atoms. The van der Waals surface area contributed by atoms with Crippen LogP contribution in [-0.4, -0.2) is 24.6 Å². The third-order valence-electron chi connectivity index (χ3n) is 2.83. The molecule has 0 aliphatic carbocycles. The fraction of sp³-hybridized carbons (Fsp3) is 0.357. The van der Waals surface area contributed by atoms with Crippen molar-refractivity contribution in [2.75, 3.05) is 13.6 Å². The molecule has 17 heavy (non-hydrogen) atoms. The van der Waals surface area contributed by atoms with Crippen LogP contribution in [0.25, 0.3) is 10.9 Å². The van der Waals surface area contributed by atoms with Gasteiger partial charge in [0.1, 0.15) is 0 Å². The summed E-state index contributed by atoms with van der Waals surface area (Å²) in [4.78, 5) is 4.32. The minimum Gasteiger partial charge on any atom is -0.318 e. The molecule has 3 nitrogen and oxygen atoms in total. The lowest BCUT2D eigenvalue weighted by Gasteiger charge is -2.13. The van der Waals surface area contributed by atoms with Crippen molar-refractivity contribution < 1.29 is 0 Å². The molecule has 1 heterocycles. The highest BCUT2D eigenvalue weighted by Gasteiger charge is 2.01. The maximum Gasteiger partial charge on any atom is 0.0702 e. The highest BCUT2D eigenvalue weighted by atomic mass is 15.0. The molecule has 2 N–H and O–H groups in total. The zero-order chi connectivity index (χ0) is 12.1. The molecule has 90 valence electrons. The molecular weight excluding hydrogens is 210 g/mol. The molecule has 0 fully saturated rings. The summed E-state index contributed by atoms with van der Waals surface area (Å²) in [6.07, 6.45) is 1.83. The summed E-state index contributed by atoms with van der Waals surface area (Å²) in [6, 6.07) is 11.0. The maximum absolute atomic E-state index is 4.32. The number of nitrogens with zero attached hydrogens (tertiary/aromatic N) is 1. The van der Waals surface area contributed by atoms with Gasteiger partial charge in [0.25, 0.3) is 0 Å². The van der Waals surface area contributed by atoms with Crippen LogP contribution in [0.2, 0.25) is 0 Å². The number of hydrogen-bond acceptors (Lipinski definition) is 3. The van der Waals surface area contributed by atoms with Crippen molar-refractivity contribution in [3.05, 3.63) is 42.1 Å². The lowest BCUT2D eigenvalue weighted by molar-refractivity contribution is 0.523. The van der Waals surface area contributed by atoms with Crippen molar-refractivity contribution in [3.8, 4) is 0 Å². The first-order valence-corrected chi connectivity index (χ1v) is 6.01. The van der Waals surface area contributed by atoms with Gasteiger partial charge in [0.15, 0.2) is 0 Å². The lowest BCUT2D eigenvalue weighted by Crippen LogP contribution is -2.34. The van der Waals surface area contributed by atoms with E-state index in [2.05, 4.69) is 46.8 Å². The molecule has 0 saturated heterocycles. The number of aromatic nitrogens is 1. The van der Waals surface area contributed by atoms with E-state index in [0.717, 1.165) is 18.6 Å². The van der Waals surface area contributed by atoms with Gasteiger partial charge in [0.05, 0.1) is 5.52 Å². The second-order valence-corrected chi connectivity index (χ2v) is 4.37. The van der Waals surface area contributed by atoms with Gasteiger partial charge >= 0.3 is 0 Å². The number of likely N-dealkylation sites (N-methyl/N-ethyl adjacent to an activating group) is 1. The summed E-state index contributed by atoms with van der Waals surface area (Å²) < 4.78 is 0. The minimum absolute atomic E-state index is 0.476. The zero-order valence-corrected chi connectivity index (χ0v) is 10.4. The van der Waals surface area contributed by atoms with E-state index in [1.54, 1.807) is 0 Å². The first-order valence-electron chi connectivity index (χ1n) is 6.01. The molecule has 2 aromatic rings. The van der Waals surface area contributed by atoms with Crippen LogP contribution in [0.1, 0.15) is 12.5 Å². The van der Waals surface area contributed by atoms with Crippen LogP contribution in [0.5, 0.6) is 0 Å². The number of rotatable bonds is 5. The molecule has 2 rings (SSSR count). The molecule has 1 unspecified atom stereocenters. The highest BCUT2D eigenvalue weighted by Crippen LogP contribution is 2.13. The van der Waals surface area contributed by atoms with Crippen molar-refractivity contribution in [2.45, 2.75) is 19.5 Å². The summed E-state index contributed by atoms with van der Waals surface area (Å²) in [6.45, 7) is 4.06. The van der Waals surface area contributed by atoms with Crippen LogP contribution in [0.4, 0.5) is 0 Å². The predicted molar refractivity (Wildman–Crippen MR) is 72.0 cm³/mol. The normalized spacial score (nSPS) is 12.8. The van der Waals surface area contributed by atoms with Gasteiger partial charge in [0.2, 0.25) is 0 Å². The van der Waals surface area contributed by atoms with Crippen molar-refractivity contribution in [3.63, 3.8) is 0 Å². The summed E-state index contributed by atoms with van der Waals surface area (Å²) in [5, 5.41) is 7.84. The molecule has 0 aliphatic heterocycles. The second kappa shape index (κ2) is 5.75. The average Bonchev–Trinajstić information content (AvgIpc) is 2.36. The largest absolute Gasteiger partial charge is 0.318 e. The number of pyridine rings is 1. The highest BCUT2D eigenvalue weighted by molar-refractivity contribution is 5.78. The van der Waals surface area contributed by atoms with Gasteiger partial charge in [-0.3, -0.25) is 4.98 Å². The Balaban J connectivity index is 2.04. The number of hydrogen-bond donors (Lipinski definition) is 2. The standard InChI is InChI=1S/C14H19N3/c1-11(9-15-2)17-10-12-5-6-14-13(8-12)4-3-7-16-14/h3-8,11,15,17H,9-10H2,1-2H3. The summed E-state index contributed by atoms with van der Waals surface area (Å²) in [5.41, 5.74) is 2.35. The fourth-order valence-corrected chi connectivity index (χ4v) is 1.91. The molecule has 0 radical (unpaired) electrons. The second-order valence-electron chi connectivity index (χ2n) is 4.37. The van der Waals surface area contributed by atoms with Crippen LogP contribution in [-0.2, 0) is 6.54 Å². The van der Waals surface area contributed by atoms with Gasteiger partial charge in [-0.05, 0) is 37.7 Å². The Morgan fingerprint density at radius 3 is 3.00 bits per heavy atom. The molecule has 0 saturated carbocycles. The van der Waals surface area contributed by atoms with E-state index in [9.17, 15) is 0 Å². The third kappa shape index (κ3) is 3.25. The van der Waals surface area contributed by atoms with Gasteiger partial charge in [-0.1, -0.05) is 12.1 Å². The molecular formula is C14H19N3. The molecule has 1 aromatic carbocycles. The van der Waals surface area contributed by atoms with E-state index in [1.165, 1.54) is 10.9 Å². The quantitative estimate of drug-likeness (QED) is 0.822. The molecule has 0 amide bonds. The topological polar surface area (TPSA) is 37.0 Å². The van der Waals surface area contributed by atoms with Crippen molar-refractivity contribution >= 4 is 10.9 Å². The van der Waals surface area contributed by atoms with E-state index in [4.69, 9.17) is 0 Å². The Hall–Kier alpha value is -1.45. The van der Waals surface area contributed by atoms with Gasteiger partial charge in [-0.15, -0.1) is 0 Å². The van der Waals surface area contributed by atoms with Gasteiger partial charge in [-0.25, -0.2) is 0 Å². The number of nitrogens with one attached hydrogen (secondary N) is 2. The first kappa shape index (κ1) is 12.0. The first-order chi connectivity index (χ1) is 8.29. The molecule has 0 aliphatic rings.